The van der Waals surface area contributed by atoms with Crippen LogP contribution in [0.2, 0.25) is 0 Å². The lowest BCUT2D eigenvalue weighted by Gasteiger charge is -2.28. The molecule has 0 fully saturated rings. The van der Waals surface area contributed by atoms with Gasteiger partial charge in [-0.05, 0) is 26.7 Å². The lowest BCUT2D eigenvalue weighted by Crippen LogP contribution is -2.41. The van der Waals surface area contributed by atoms with Crippen molar-refractivity contribution in [3.05, 3.63) is 12.2 Å². The summed E-state index contributed by atoms with van der Waals surface area (Å²) in [5.74, 6) is -3.79. The molecule has 11 heteroatoms. The number of aliphatic hydroxyl groups excluding tert-OH is 2. The molecule has 0 aliphatic rings. The lowest BCUT2D eigenvalue weighted by atomic mass is 9.75. The van der Waals surface area contributed by atoms with E-state index in [1.165, 1.54) is 6.92 Å². The summed E-state index contributed by atoms with van der Waals surface area (Å²) in [6.45, 7) is 4.11. The van der Waals surface area contributed by atoms with Crippen molar-refractivity contribution in [2.24, 2.45) is 5.41 Å². The van der Waals surface area contributed by atoms with Crippen LogP contribution in [0.15, 0.2) is 12.2 Å². The molecule has 0 atom stereocenters. The molecule has 0 spiro atoms. The van der Waals surface area contributed by atoms with Crippen LogP contribution < -0.4 is 0 Å². The van der Waals surface area contributed by atoms with E-state index in [2.05, 4.69) is 6.58 Å². The van der Waals surface area contributed by atoms with Crippen LogP contribution >= 0.6 is 0 Å². The molecule has 0 heterocycles. The Hall–Kier alpha value is -2.79. The van der Waals surface area contributed by atoms with Crippen LogP contribution in [0, 0.1) is 5.41 Å². The quantitative estimate of drug-likeness (QED) is 0.107. The Morgan fingerprint density at radius 1 is 0.742 bits per heavy atom. The third-order valence-corrected chi connectivity index (χ3v) is 4.18. The van der Waals surface area contributed by atoms with Crippen LogP contribution in [0.5, 0.6) is 0 Å². The largest absolute Gasteiger partial charge is 0.463 e. The van der Waals surface area contributed by atoms with Gasteiger partial charge in [-0.3, -0.25) is 19.2 Å². The van der Waals surface area contributed by atoms with Crippen molar-refractivity contribution in [2.75, 3.05) is 39.6 Å². The van der Waals surface area contributed by atoms with Gasteiger partial charge in [0, 0.05) is 18.4 Å². The molecule has 0 saturated carbocycles. The van der Waals surface area contributed by atoms with Gasteiger partial charge >= 0.3 is 23.9 Å². The minimum absolute atomic E-state index is 0.159. The van der Waals surface area contributed by atoms with Crippen LogP contribution in [0.1, 0.15) is 39.5 Å². The summed E-state index contributed by atoms with van der Waals surface area (Å²) in [7, 11) is 0. The molecule has 0 aromatic rings. The average Bonchev–Trinajstić information content (AvgIpc) is 2.73. The van der Waals surface area contributed by atoms with Gasteiger partial charge in [0.1, 0.15) is 37.6 Å². The maximum absolute atomic E-state index is 12.8. The SMILES string of the molecule is C=C(C)C(=O)OCCOC(=O)C(CCC(=O)OCCO)(CCC(=O)OCCO)C(C)=O. The molecule has 0 amide bonds. The van der Waals surface area contributed by atoms with Gasteiger partial charge in [-0.2, -0.15) is 0 Å². The van der Waals surface area contributed by atoms with E-state index in [9.17, 15) is 24.0 Å². The van der Waals surface area contributed by atoms with Crippen LogP contribution in [-0.4, -0.2) is 79.5 Å². The van der Waals surface area contributed by atoms with E-state index in [4.69, 9.17) is 29.2 Å². The predicted octanol–water partition coefficient (Wildman–Crippen LogP) is -0.144. The van der Waals surface area contributed by atoms with Gasteiger partial charge < -0.3 is 29.2 Å². The number of aliphatic hydroxyl groups is 2. The minimum atomic E-state index is -1.84. The van der Waals surface area contributed by atoms with Crippen LogP contribution in [0.3, 0.4) is 0 Å². The third kappa shape index (κ3) is 10.7. The van der Waals surface area contributed by atoms with E-state index >= 15 is 0 Å². The average molecular weight is 446 g/mol. The Bertz CT molecular complexity index is 630. The summed E-state index contributed by atoms with van der Waals surface area (Å²) in [5.41, 5.74) is -1.68. The highest BCUT2D eigenvalue weighted by atomic mass is 16.6. The normalized spacial score (nSPS) is 10.7. The number of rotatable bonds is 16. The number of hydrogen-bond acceptors (Lipinski definition) is 11. The fourth-order valence-corrected chi connectivity index (χ4v) is 2.45. The highest BCUT2D eigenvalue weighted by Gasteiger charge is 2.45. The third-order valence-electron chi connectivity index (χ3n) is 4.18. The highest BCUT2D eigenvalue weighted by molar-refractivity contribution is 6.03. The van der Waals surface area contributed by atoms with Crippen molar-refractivity contribution >= 4 is 29.7 Å². The number of carbonyl (C=O) groups is 5. The maximum atomic E-state index is 12.8. The highest BCUT2D eigenvalue weighted by Crippen LogP contribution is 2.33. The molecule has 0 aromatic carbocycles. The summed E-state index contributed by atoms with van der Waals surface area (Å²) in [6.07, 6.45) is -1.29. The molecule has 2 N–H and O–H groups in total. The van der Waals surface area contributed by atoms with Crippen molar-refractivity contribution in [3.63, 3.8) is 0 Å². The molecule has 0 rings (SSSR count). The summed E-state index contributed by atoms with van der Waals surface area (Å²) in [5, 5.41) is 17.4. The Morgan fingerprint density at radius 3 is 1.58 bits per heavy atom. The molecule has 11 nitrogen and oxygen atoms in total. The number of esters is 4. The van der Waals surface area contributed by atoms with E-state index < -0.39 is 35.1 Å². The number of Topliss-reactive ketones (excluding diaryl/α,β-unsaturated/α-hetero) is 1. The Labute approximate surface area is 180 Å². The smallest absolute Gasteiger partial charge is 0.333 e. The van der Waals surface area contributed by atoms with Gasteiger partial charge in [0.25, 0.3) is 0 Å². The second-order valence-electron chi connectivity index (χ2n) is 6.58. The summed E-state index contributed by atoms with van der Waals surface area (Å²) < 4.78 is 19.4. The summed E-state index contributed by atoms with van der Waals surface area (Å²) >= 11 is 0. The minimum Gasteiger partial charge on any atom is -0.463 e. The molecule has 0 aliphatic heterocycles. The number of ketones is 1. The van der Waals surface area contributed by atoms with Crippen molar-refractivity contribution in [1.29, 1.82) is 0 Å². The van der Waals surface area contributed by atoms with Crippen LogP contribution in [0.4, 0.5) is 0 Å². The van der Waals surface area contributed by atoms with Gasteiger partial charge in [0.05, 0.1) is 13.2 Å². The number of ether oxygens (including phenoxy) is 4. The van der Waals surface area contributed by atoms with Crippen molar-refractivity contribution in [2.45, 2.75) is 39.5 Å². The topological polar surface area (TPSA) is 163 Å². The lowest BCUT2D eigenvalue weighted by molar-refractivity contribution is -0.165. The number of carbonyl (C=O) groups excluding carboxylic acids is 5. The molecule has 176 valence electrons. The summed E-state index contributed by atoms with van der Waals surface area (Å²) in [4.78, 5) is 60.1. The molecule has 0 bridgehead atoms. The first kappa shape index (κ1) is 28.2. The Morgan fingerprint density at radius 2 is 1.19 bits per heavy atom. The second-order valence-corrected chi connectivity index (χ2v) is 6.58. The molecule has 0 unspecified atom stereocenters. The maximum Gasteiger partial charge on any atom is 0.333 e. The van der Waals surface area contributed by atoms with Gasteiger partial charge in [-0.25, -0.2) is 4.79 Å². The molecular weight excluding hydrogens is 416 g/mol. The molecule has 0 aromatic heterocycles. The Balaban J connectivity index is 5.24. The first-order valence-electron chi connectivity index (χ1n) is 9.64. The van der Waals surface area contributed by atoms with E-state index in [-0.39, 0.29) is 70.9 Å². The van der Waals surface area contributed by atoms with Gasteiger partial charge in [0.15, 0.2) is 0 Å². The van der Waals surface area contributed by atoms with Crippen LogP contribution in [0.25, 0.3) is 0 Å². The molecule has 0 radical (unpaired) electrons. The van der Waals surface area contributed by atoms with Crippen LogP contribution in [-0.2, 0) is 42.9 Å². The molecule has 0 saturated heterocycles. The van der Waals surface area contributed by atoms with Gasteiger partial charge in [0.2, 0.25) is 0 Å². The fourth-order valence-electron chi connectivity index (χ4n) is 2.45. The first-order valence-corrected chi connectivity index (χ1v) is 9.64. The summed E-state index contributed by atoms with van der Waals surface area (Å²) in [6, 6.07) is 0. The van der Waals surface area contributed by atoms with Gasteiger partial charge in [-0.1, -0.05) is 6.58 Å². The zero-order chi connectivity index (χ0) is 23.9. The monoisotopic (exact) mass is 446 g/mol. The van der Waals surface area contributed by atoms with Gasteiger partial charge in [-0.15, -0.1) is 0 Å². The standard InChI is InChI=1S/C20H30O11/c1-14(2)18(26)30-12-13-31-19(27)20(15(3)23,6-4-16(24)28-10-8-21)7-5-17(25)29-11-9-22/h21-22H,1,4-13H2,2-3H3. The molecule has 31 heavy (non-hydrogen) atoms. The van der Waals surface area contributed by atoms with E-state index in [0.29, 0.717) is 0 Å². The molecule has 0 aliphatic carbocycles. The molecular formula is C20H30O11. The second kappa shape index (κ2) is 15.1. The number of hydrogen-bond donors (Lipinski definition) is 2. The van der Waals surface area contributed by atoms with Crippen molar-refractivity contribution in [3.8, 4) is 0 Å². The van der Waals surface area contributed by atoms with E-state index in [0.717, 1.165) is 6.92 Å². The zero-order valence-corrected chi connectivity index (χ0v) is 17.8. The first-order chi connectivity index (χ1) is 14.6. The van der Waals surface area contributed by atoms with Crippen molar-refractivity contribution < 1.29 is 53.1 Å². The van der Waals surface area contributed by atoms with E-state index in [1.54, 1.807) is 0 Å². The van der Waals surface area contributed by atoms with E-state index in [1.807, 2.05) is 0 Å². The zero-order valence-electron chi connectivity index (χ0n) is 17.8. The van der Waals surface area contributed by atoms with Crippen molar-refractivity contribution in [1.82, 2.24) is 0 Å². The Kier molecular flexibility index (Phi) is 13.7. The predicted molar refractivity (Wildman–Crippen MR) is 104 cm³/mol. The fraction of sp³-hybridized carbons (Fsp3) is 0.650.